The van der Waals surface area contributed by atoms with Crippen LogP contribution in [0, 0.1) is 18.8 Å². The summed E-state index contributed by atoms with van der Waals surface area (Å²) in [6.07, 6.45) is 3.18. The molecule has 6 nitrogen and oxygen atoms in total. The maximum absolute atomic E-state index is 12.5. The molecule has 1 aliphatic carbocycles. The molecule has 3 aromatic rings. The first-order chi connectivity index (χ1) is 15.6. The van der Waals surface area contributed by atoms with E-state index >= 15 is 0 Å². The normalized spacial score (nSPS) is 18.4. The number of esters is 1. The number of benzene rings is 2. The highest BCUT2D eigenvalue weighted by Gasteiger charge is 2.33. The average Bonchev–Trinajstić information content (AvgIpc) is 3.21. The van der Waals surface area contributed by atoms with Crippen LogP contribution in [0.2, 0.25) is 0 Å². The number of ether oxygens (including phenoxy) is 1. The van der Waals surface area contributed by atoms with Crippen molar-refractivity contribution in [2.24, 2.45) is 11.8 Å². The minimum atomic E-state index is -0.987. The fraction of sp³-hybridized carbons (Fsp3) is 0.407. The monoisotopic (exact) mass is 446 g/mol. The molecule has 2 atom stereocenters. The van der Waals surface area contributed by atoms with Gasteiger partial charge in [0.15, 0.2) is 0 Å². The molecule has 0 radical (unpaired) electrons. The number of rotatable bonds is 5. The zero-order valence-electron chi connectivity index (χ0n) is 19.6. The number of carboxylic acids is 1. The van der Waals surface area contributed by atoms with Gasteiger partial charge in [0.25, 0.3) is 0 Å². The maximum atomic E-state index is 12.5. The van der Waals surface area contributed by atoms with Crippen LogP contribution in [-0.4, -0.2) is 32.6 Å². The summed E-state index contributed by atoms with van der Waals surface area (Å²) in [5.41, 5.74) is 4.73. The molecule has 0 spiro atoms. The summed E-state index contributed by atoms with van der Waals surface area (Å²) in [5.74, 6) is -0.913. The Bertz CT molecular complexity index is 1200. The fourth-order valence-electron chi connectivity index (χ4n) is 4.44. The van der Waals surface area contributed by atoms with Crippen molar-refractivity contribution in [3.8, 4) is 11.3 Å². The number of aromatic nitrogens is 2. The lowest BCUT2D eigenvalue weighted by molar-refractivity contribution is -0.159. The summed E-state index contributed by atoms with van der Waals surface area (Å²) in [5, 5.41) is 9.37. The zero-order chi connectivity index (χ0) is 23.8. The van der Waals surface area contributed by atoms with E-state index in [-0.39, 0.29) is 17.5 Å². The van der Waals surface area contributed by atoms with Gasteiger partial charge in [-0.2, -0.15) is 0 Å². The molecule has 1 fully saturated rings. The summed E-state index contributed by atoms with van der Waals surface area (Å²) in [7, 11) is 0. The van der Waals surface area contributed by atoms with Crippen LogP contribution < -0.4 is 0 Å². The van der Waals surface area contributed by atoms with E-state index in [1.165, 1.54) is 0 Å². The Balaban J connectivity index is 1.66. The molecular weight excluding hydrogens is 416 g/mol. The van der Waals surface area contributed by atoms with Gasteiger partial charge in [-0.05, 0) is 77.5 Å². The van der Waals surface area contributed by atoms with E-state index in [9.17, 15) is 14.7 Å². The molecule has 4 rings (SSSR count). The topological polar surface area (TPSA) is 89.4 Å². The first-order valence-corrected chi connectivity index (χ1v) is 11.4. The van der Waals surface area contributed by atoms with Gasteiger partial charge in [0.1, 0.15) is 5.60 Å². The highest BCUT2D eigenvalue weighted by Crippen LogP contribution is 2.36. The Kier molecular flexibility index (Phi) is 6.19. The summed E-state index contributed by atoms with van der Waals surface area (Å²) >= 11 is 0. The molecule has 0 saturated heterocycles. The molecular formula is C27H30N2O4. The van der Waals surface area contributed by atoms with Crippen molar-refractivity contribution in [2.75, 3.05) is 0 Å². The van der Waals surface area contributed by atoms with Gasteiger partial charge in [-0.25, -0.2) is 14.8 Å². The van der Waals surface area contributed by atoms with Crippen molar-refractivity contribution in [3.05, 3.63) is 59.3 Å². The zero-order valence-corrected chi connectivity index (χ0v) is 19.6. The van der Waals surface area contributed by atoms with E-state index in [1.807, 2.05) is 52.0 Å². The van der Waals surface area contributed by atoms with Crippen molar-refractivity contribution in [2.45, 2.75) is 59.0 Å². The predicted octanol–water partition coefficient (Wildman–Crippen LogP) is 5.60. The lowest BCUT2D eigenvalue weighted by atomic mass is 9.96. The van der Waals surface area contributed by atoms with E-state index < -0.39 is 11.6 Å². The van der Waals surface area contributed by atoms with Crippen molar-refractivity contribution < 1.29 is 19.4 Å². The molecule has 1 N–H and O–H groups in total. The highest BCUT2D eigenvalue weighted by molar-refractivity contribution is 5.92. The highest BCUT2D eigenvalue weighted by atomic mass is 16.6. The number of fused-ring (bicyclic) bond motifs is 1. The number of carboxylic acid groups (broad SMARTS) is 1. The van der Waals surface area contributed by atoms with Crippen LogP contribution in [0.4, 0.5) is 0 Å². The third kappa shape index (κ3) is 5.38. The van der Waals surface area contributed by atoms with Crippen LogP contribution >= 0.6 is 0 Å². The second-order valence-corrected chi connectivity index (χ2v) is 10.0. The van der Waals surface area contributed by atoms with Crippen LogP contribution in [0.3, 0.4) is 0 Å². The van der Waals surface area contributed by atoms with E-state index in [0.29, 0.717) is 23.4 Å². The summed E-state index contributed by atoms with van der Waals surface area (Å²) in [4.78, 5) is 33.7. The van der Waals surface area contributed by atoms with E-state index in [4.69, 9.17) is 14.7 Å². The van der Waals surface area contributed by atoms with E-state index in [0.717, 1.165) is 41.8 Å². The Morgan fingerprint density at radius 2 is 1.76 bits per heavy atom. The number of aryl methyl sites for hydroxylation is 1. The average molecular weight is 447 g/mol. The number of carbonyl (C=O) groups is 2. The third-order valence-electron chi connectivity index (χ3n) is 6.07. The van der Waals surface area contributed by atoms with Gasteiger partial charge in [-0.1, -0.05) is 29.8 Å². The predicted molar refractivity (Wildman–Crippen MR) is 127 cm³/mol. The largest absolute Gasteiger partial charge is 0.478 e. The van der Waals surface area contributed by atoms with Gasteiger partial charge >= 0.3 is 11.9 Å². The molecule has 0 bridgehead atoms. The minimum Gasteiger partial charge on any atom is -0.478 e. The van der Waals surface area contributed by atoms with Crippen molar-refractivity contribution in [1.82, 2.24) is 9.97 Å². The van der Waals surface area contributed by atoms with Gasteiger partial charge in [0.2, 0.25) is 0 Å². The number of carbonyl (C=O) groups excluding carboxylic acids is 1. The standard InChI is InChI=1S/C27H30N2O4/c1-16-5-8-18(9-6-16)24-23(28-22-15-19(25(30)31)11-12-21(22)29-24)14-17-7-10-20(13-17)26(32)33-27(2,3)4/h5-6,8-9,11-12,15,17,20H,7,10,13-14H2,1-4H3,(H,30,31). The summed E-state index contributed by atoms with van der Waals surface area (Å²) in [6, 6.07) is 13.0. The minimum absolute atomic E-state index is 0.0934. The molecule has 0 aliphatic heterocycles. The van der Waals surface area contributed by atoms with Gasteiger partial charge in [-0.3, -0.25) is 4.79 Å². The molecule has 1 saturated carbocycles. The second kappa shape index (κ2) is 8.93. The Morgan fingerprint density at radius 1 is 1.03 bits per heavy atom. The van der Waals surface area contributed by atoms with Crippen LogP contribution in [0.1, 0.15) is 61.6 Å². The number of hydrogen-bond donors (Lipinski definition) is 1. The van der Waals surface area contributed by atoms with Crippen molar-refractivity contribution >= 4 is 23.0 Å². The van der Waals surface area contributed by atoms with E-state index in [1.54, 1.807) is 18.2 Å². The maximum Gasteiger partial charge on any atom is 0.335 e. The summed E-state index contributed by atoms with van der Waals surface area (Å²) in [6.45, 7) is 7.71. The Labute approximate surface area is 194 Å². The van der Waals surface area contributed by atoms with Crippen LogP contribution in [-0.2, 0) is 16.0 Å². The number of hydrogen-bond acceptors (Lipinski definition) is 5. The molecule has 6 heteroatoms. The molecule has 1 heterocycles. The Hall–Kier alpha value is -3.28. The summed E-state index contributed by atoms with van der Waals surface area (Å²) < 4.78 is 5.60. The lowest BCUT2D eigenvalue weighted by Crippen LogP contribution is -2.27. The molecule has 1 aliphatic rings. The van der Waals surface area contributed by atoms with Crippen LogP contribution in [0.25, 0.3) is 22.3 Å². The molecule has 2 unspecified atom stereocenters. The molecule has 33 heavy (non-hydrogen) atoms. The van der Waals surface area contributed by atoms with Gasteiger partial charge in [-0.15, -0.1) is 0 Å². The first kappa shape index (κ1) is 22.9. The quantitative estimate of drug-likeness (QED) is 0.513. The number of aromatic carboxylic acids is 1. The Morgan fingerprint density at radius 3 is 2.42 bits per heavy atom. The second-order valence-electron chi connectivity index (χ2n) is 10.0. The SMILES string of the molecule is Cc1ccc(-c2nc3ccc(C(=O)O)cc3nc2CC2CCC(C(=O)OC(C)(C)C)C2)cc1. The molecule has 0 amide bonds. The van der Waals surface area contributed by atoms with Crippen LogP contribution in [0.15, 0.2) is 42.5 Å². The van der Waals surface area contributed by atoms with Crippen molar-refractivity contribution in [3.63, 3.8) is 0 Å². The van der Waals surface area contributed by atoms with E-state index in [2.05, 4.69) is 0 Å². The first-order valence-electron chi connectivity index (χ1n) is 11.4. The third-order valence-corrected chi connectivity index (χ3v) is 6.07. The molecule has 1 aromatic heterocycles. The molecule has 172 valence electrons. The smallest absolute Gasteiger partial charge is 0.335 e. The molecule has 2 aromatic carbocycles. The van der Waals surface area contributed by atoms with Gasteiger partial charge in [0.05, 0.1) is 33.9 Å². The van der Waals surface area contributed by atoms with Crippen molar-refractivity contribution in [1.29, 1.82) is 0 Å². The van der Waals surface area contributed by atoms with Gasteiger partial charge in [0, 0.05) is 5.56 Å². The lowest BCUT2D eigenvalue weighted by Gasteiger charge is -2.22. The van der Waals surface area contributed by atoms with Gasteiger partial charge < -0.3 is 9.84 Å². The fourth-order valence-corrected chi connectivity index (χ4v) is 4.44. The number of nitrogens with zero attached hydrogens (tertiary/aromatic N) is 2. The van der Waals surface area contributed by atoms with Crippen LogP contribution in [0.5, 0.6) is 0 Å².